The fourth-order valence-corrected chi connectivity index (χ4v) is 7.12. The molecular weight excluding hydrogens is 659 g/mol. The molecule has 54 heavy (non-hydrogen) atoms. The number of nitrogens with zero attached hydrogens (tertiary/aromatic N) is 3. The summed E-state index contributed by atoms with van der Waals surface area (Å²) in [6.07, 6.45) is 0. The summed E-state index contributed by atoms with van der Waals surface area (Å²) in [5, 5.41) is 4.30. The Kier molecular flexibility index (Phi) is 8.76. The maximum atomic E-state index is 6.62. The quantitative estimate of drug-likeness (QED) is 0.121. The van der Waals surface area contributed by atoms with E-state index in [2.05, 4.69) is 157 Å². The molecule has 0 atom stereocenters. The van der Waals surface area contributed by atoms with E-state index in [0.29, 0.717) is 18.2 Å². The Bertz CT molecular complexity index is 2830. The fourth-order valence-electron chi connectivity index (χ4n) is 7.12. The van der Waals surface area contributed by atoms with Crippen molar-refractivity contribution in [2.75, 3.05) is 0 Å². The number of benzene rings is 8. The van der Waals surface area contributed by atoms with Gasteiger partial charge in [-0.15, -0.1) is 0 Å². The number of aliphatic imine (C=N–C) groups is 3. The number of hydrogen-bond donors (Lipinski definition) is 0. The lowest BCUT2D eigenvalue weighted by molar-refractivity contribution is 0.670. The van der Waals surface area contributed by atoms with Crippen LogP contribution in [0.2, 0.25) is 0 Å². The molecule has 1 heterocycles. The molecule has 4 nitrogen and oxygen atoms in total. The standard InChI is InChI=1S/C50H35N3O/c1-51-50(45-31-30-43(42-29-26-36-16-8-9-17-41(36)32-42)48-47(45)44-18-10-11-19-46(44)54-48)53-49(52-33-34-12-4-2-5-13-34)40-27-24-39(25-28-40)38-22-20-37(21-23-38)35-14-6-3-7-15-35/h2-32H,1,33H2. The number of para-hydroxylation sites is 1. The number of fused-ring (bicyclic) bond motifs is 4. The molecule has 0 aliphatic carbocycles. The molecule has 0 saturated carbocycles. The minimum atomic E-state index is 0.470. The van der Waals surface area contributed by atoms with E-state index in [0.717, 1.165) is 60.9 Å². The van der Waals surface area contributed by atoms with Crippen LogP contribution < -0.4 is 0 Å². The van der Waals surface area contributed by atoms with E-state index in [-0.39, 0.29) is 0 Å². The Morgan fingerprint density at radius 3 is 1.81 bits per heavy atom. The van der Waals surface area contributed by atoms with Crippen LogP contribution in [0.3, 0.4) is 0 Å². The second-order valence-electron chi connectivity index (χ2n) is 13.3. The van der Waals surface area contributed by atoms with Gasteiger partial charge in [0.1, 0.15) is 11.2 Å². The van der Waals surface area contributed by atoms with E-state index < -0.39 is 0 Å². The van der Waals surface area contributed by atoms with Crippen LogP contribution >= 0.6 is 0 Å². The average Bonchev–Trinajstić information content (AvgIpc) is 3.64. The second kappa shape index (κ2) is 14.5. The molecular formula is C50H35N3O. The monoisotopic (exact) mass is 693 g/mol. The van der Waals surface area contributed by atoms with E-state index in [1.54, 1.807) is 0 Å². The smallest absolute Gasteiger partial charge is 0.161 e. The molecule has 9 aromatic rings. The molecule has 4 heteroatoms. The zero-order valence-corrected chi connectivity index (χ0v) is 29.6. The van der Waals surface area contributed by atoms with Crippen molar-refractivity contribution in [2.45, 2.75) is 6.54 Å². The largest absolute Gasteiger partial charge is 0.455 e. The van der Waals surface area contributed by atoms with Gasteiger partial charge in [-0.3, -0.25) is 4.99 Å². The van der Waals surface area contributed by atoms with Gasteiger partial charge in [0, 0.05) is 27.5 Å². The predicted octanol–water partition coefficient (Wildman–Crippen LogP) is 12.8. The lowest BCUT2D eigenvalue weighted by Crippen LogP contribution is -2.06. The van der Waals surface area contributed by atoms with Gasteiger partial charge < -0.3 is 4.42 Å². The maximum absolute atomic E-state index is 6.62. The van der Waals surface area contributed by atoms with Crippen molar-refractivity contribution in [1.82, 2.24) is 0 Å². The molecule has 0 bridgehead atoms. The second-order valence-corrected chi connectivity index (χ2v) is 13.3. The van der Waals surface area contributed by atoms with Crippen molar-refractivity contribution < 1.29 is 4.42 Å². The third-order valence-corrected chi connectivity index (χ3v) is 9.91. The van der Waals surface area contributed by atoms with Crippen LogP contribution in [0.15, 0.2) is 207 Å². The predicted molar refractivity (Wildman–Crippen MR) is 227 cm³/mol. The first kappa shape index (κ1) is 32.7. The van der Waals surface area contributed by atoms with Crippen molar-refractivity contribution in [2.24, 2.45) is 15.0 Å². The summed E-state index contributed by atoms with van der Waals surface area (Å²) in [5.74, 6) is 1.05. The molecule has 0 fully saturated rings. The van der Waals surface area contributed by atoms with Gasteiger partial charge in [0.2, 0.25) is 0 Å². The Hall–Kier alpha value is -7.17. The number of amidine groups is 2. The minimum absolute atomic E-state index is 0.470. The van der Waals surface area contributed by atoms with Crippen LogP contribution in [0.1, 0.15) is 16.7 Å². The van der Waals surface area contributed by atoms with Gasteiger partial charge >= 0.3 is 0 Å². The van der Waals surface area contributed by atoms with E-state index in [9.17, 15) is 0 Å². The highest BCUT2D eigenvalue weighted by Crippen LogP contribution is 2.39. The zero-order valence-electron chi connectivity index (χ0n) is 29.6. The summed E-state index contributed by atoms with van der Waals surface area (Å²) >= 11 is 0. The molecule has 0 N–H and O–H groups in total. The van der Waals surface area contributed by atoms with Crippen molar-refractivity contribution in [1.29, 1.82) is 0 Å². The van der Waals surface area contributed by atoms with Crippen LogP contribution in [-0.4, -0.2) is 18.4 Å². The molecule has 0 unspecified atom stereocenters. The van der Waals surface area contributed by atoms with Crippen LogP contribution in [-0.2, 0) is 6.54 Å². The zero-order chi connectivity index (χ0) is 36.3. The van der Waals surface area contributed by atoms with Crippen LogP contribution in [0, 0.1) is 0 Å². The van der Waals surface area contributed by atoms with Gasteiger partial charge in [0.25, 0.3) is 0 Å². The van der Waals surface area contributed by atoms with E-state index in [1.807, 2.05) is 42.5 Å². The molecule has 1 aromatic heterocycles. The van der Waals surface area contributed by atoms with Crippen LogP contribution in [0.4, 0.5) is 0 Å². The number of hydrogen-bond acceptors (Lipinski definition) is 2. The molecule has 8 aromatic carbocycles. The SMILES string of the molecule is C=NC(=NC(=NCc1ccccc1)c1ccc(-c2ccc(-c3ccccc3)cc2)cc1)c1ccc(-c2ccc3ccccc3c2)c2oc3ccccc3c12. The Morgan fingerprint density at radius 2 is 1.09 bits per heavy atom. The molecule has 0 aliphatic heterocycles. The van der Waals surface area contributed by atoms with Gasteiger partial charge in [0.15, 0.2) is 11.7 Å². The molecule has 0 saturated heterocycles. The molecule has 9 rings (SSSR count). The lowest BCUT2D eigenvalue weighted by Gasteiger charge is -2.10. The summed E-state index contributed by atoms with van der Waals surface area (Å²) in [7, 11) is 0. The first-order chi connectivity index (χ1) is 26.7. The number of rotatable bonds is 7. The van der Waals surface area contributed by atoms with Crippen molar-refractivity contribution in [3.63, 3.8) is 0 Å². The van der Waals surface area contributed by atoms with Gasteiger partial charge in [-0.1, -0.05) is 164 Å². The highest BCUT2D eigenvalue weighted by atomic mass is 16.3. The molecule has 256 valence electrons. The molecule has 0 spiro atoms. The average molecular weight is 694 g/mol. The van der Waals surface area contributed by atoms with Crippen molar-refractivity contribution >= 4 is 51.1 Å². The first-order valence-electron chi connectivity index (χ1n) is 18.1. The topological polar surface area (TPSA) is 50.2 Å². The highest BCUT2D eigenvalue weighted by molar-refractivity contribution is 6.23. The Labute approximate surface area is 314 Å². The van der Waals surface area contributed by atoms with Gasteiger partial charge in [-0.2, -0.15) is 0 Å². The Morgan fingerprint density at radius 1 is 0.500 bits per heavy atom. The Balaban J connectivity index is 1.13. The fraction of sp³-hybridized carbons (Fsp3) is 0.0200. The van der Waals surface area contributed by atoms with Gasteiger partial charge in [0.05, 0.1) is 6.54 Å². The molecule has 0 aliphatic rings. The normalized spacial score (nSPS) is 12.1. The molecule has 0 radical (unpaired) electrons. The van der Waals surface area contributed by atoms with Gasteiger partial charge in [-0.25, -0.2) is 9.98 Å². The first-order valence-corrected chi connectivity index (χ1v) is 18.1. The summed E-state index contributed by atoms with van der Waals surface area (Å²) in [4.78, 5) is 14.8. The van der Waals surface area contributed by atoms with Crippen LogP contribution in [0.5, 0.6) is 0 Å². The highest BCUT2D eigenvalue weighted by Gasteiger charge is 2.20. The third-order valence-electron chi connectivity index (χ3n) is 9.91. The summed E-state index contributed by atoms with van der Waals surface area (Å²) in [5.41, 5.74) is 11.1. The van der Waals surface area contributed by atoms with E-state index in [1.165, 1.54) is 21.9 Å². The summed E-state index contributed by atoms with van der Waals surface area (Å²) < 4.78 is 6.62. The summed E-state index contributed by atoms with van der Waals surface area (Å²) in [6, 6.07) is 65.0. The lowest BCUT2D eigenvalue weighted by atomic mass is 9.96. The van der Waals surface area contributed by atoms with Crippen molar-refractivity contribution in [3.8, 4) is 33.4 Å². The van der Waals surface area contributed by atoms with Gasteiger partial charge in [-0.05, 0) is 75.1 Å². The third kappa shape index (κ3) is 6.42. The summed E-state index contributed by atoms with van der Waals surface area (Å²) in [6.45, 7) is 4.47. The van der Waals surface area contributed by atoms with Crippen molar-refractivity contribution in [3.05, 3.63) is 205 Å². The molecule has 0 amide bonds. The van der Waals surface area contributed by atoms with E-state index in [4.69, 9.17) is 14.4 Å². The number of furan rings is 1. The van der Waals surface area contributed by atoms with Crippen LogP contribution in [0.25, 0.3) is 66.1 Å². The minimum Gasteiger partial charge on any atom is -0.455 e. The van der Waals surface area contributed by atoms with E-state index >= 15 is 0 Å². The maximum Gasteiger partial charge on any atom is 0.161 e.